The van der Waals surface area contributed by atoms with Gasteiger partial charge in [-0.25, -0.2) is 8.42 Å². The largest absolute Gasteiger partial charge is 0.497 e. The third kappa shape index (κ3) is 8.30. The lowest BCUT2D eigenvalue weighted by Gasteiger charge is -2.31. The van der Waals surface area contributed by atoms with Crippen molar-refractivity contribution in [1.82, 2.24) is 10.2 Å². The standard InChI is InChI=1S/C24H31Cl2N3O5S/c1-5-6-12-27-24(31)17(2)28(15-18-8-7-9-20(13-18)34-3)23(30)16-29(35(4,32)33)22-11-10-19(25)14-21(22)26/h7-11,13-14,17H,5-6,12,15-16H2,1-4H3,(H,27,31). The average Bonchev–Trinajstić information content (AvgIpc) is 2.80. The van der Waals surface area contributed by atoms with Crippen molar-refractivity contribution in [3.05, 3.63) is 58.1 Å². The molecule has 0 radical (unpaired) electrons. The van der Waals surface area contributed by atoms with Gasteiger partial charge >= 0.3 is 0 Å². The van der Waals surface area contributed by atoms with Gasteiger partial charge in [0.2, 0.25) is 21.8 Å². The number of carbonyl (C=O) groups excluding carboxylic acids is 2. The molecule has 2 aromatic rings. The maximum Gasteiger partial charge on any atom is 0.244 e. The first-order chi connectivity index (χ1) is 16.5. The number of carbonyl (C=O) groups is 2. The van der Waals surface area contributed by atoms with Gasteiger partial charge in [0.1, 0.15) is 18.3 Å². The minimum absolute atomic E-state index is 0.0738. The van der Waals surface area contributed by atoms with Crippen molar-refractivity contribution >= 4 is 50.7 Å². The molecule has 1 atom stereocenters. The van der Waals surface area contributed by atoms with Crippen LogP contribution in [0.3, 0.4) is 0 Å². The number of hydrogen-bond acceptors (Lipinski definition) is 5. The van der Waals surface area contributed by atoms with Gasteiger partial charge in [-0.05, 0) is 49.2 Å². The zero-order chi connectivity index (χ0) is 26.2. The van der Waals surface area contributed by atoms with Gasteiger partial charge in [-0.15, -0.1) is 0 Å². The molecule has 1 unspecified atom stereocenters. The number of sulfonamides is 1. The van der Waals surface area contributed by atoms with E-state index in [1.807, 2.05) is 6.92 Å². The Kier molecular flexibility index (Phi) is 10.7. The SMILES string of the molecule is CCCCNC(=O)C(C)N(Cc1cccc(OC)c1)C(=O)CN(c1ccc(Cl)cc1Cl)S(C)(=O)=O. The third-order valence-electron chi connectivity index (χ3n) is 5.34. The highest BCUT2D eigenvalue weighted by Crippen LogP contribution is 2.30. The van der Waals surface area contributed by atoms with Gasteiger partial charge in [0.05, 0.1) is 24.1 Å². The Hall–Kier alpha value is -2.49. The van der Waals surface area contributed by atoms with E-state index in [1.54, 1.807) is 31.2 Å². The normalized spacial score (nSPS) is 12.1. The molecule has 192 valence electrons. The minimum Gasteiger partial charge on any atom is -0.497 e. The van der Waals surface area contributed by atoms with Gasteiger partial charge in [0.25, 0.3) is 0 Å². The number of halogens is 2. The molecule has 0 spiro atoms. The molecule has 2 aromatic carbocycles. The molecule has 8 nitrogen and oxygen atoms in total. The fourth-order valence-corrected chi connectivity index (χ4v) is 4.79. The first kappa shape index (κ1) is 28.7. The number of nitrogens with zero attached hydrogens (tertiary/aromatic N) is 2. The van der Waals surface area contributed by atoms with Crippen molar-refractivity contribution < 1.29 is 22.7 Å². The van der Waals surface area contributed by atoms with E-state index in [2.05, 4.69) is 5.32 Å². The lowest BCUT2D eigenvalue weighted by atomic mass is 10.1. The molecule has 0 fully saturated rings. The Morgan fingerprint density at radius 2 is 1.86 bits per heavy atom. The maximum absolute atomic E-state index is 13.5. The van der Waals surface area contributed by atoms with E-state index < -0.39 is 28.5 Å². The third-order valence-corrected chi connectivity index (χ3v) is 7.01. The van der Waals surface area contributed by atoms with Crippen molar-refractivity contribution in [3.8, 4) is 5.75 Å². The van der Waals surface area contributed by atoms with Crippen LogP contribution in [0, 0.1) is 0 Å². The summed E-state index contributed by atoms with van der Waals surface area (Å²) >= 11 is 12.2. The van der Waals surface area contributed by atoms with Gasteiger partial charge in [-0.1, -0.05) is 48.7 Å². The highest BCUT2D eigenvalue weighted by molar-refractivity contribution is 7.92. The molecule has 0 saturated carbocycles. The van der Waals surface area contributed by atoms with E-state index in [4.69, 9.17) is 27.9 Å². The van der Waals surface area contributed by atoms with Crippen LogP contribution >= 0.6 is 23.2 Å². The smallest absolute Gasteiger partial charge is 0.244 e. The number of ether oxygens (including phenoxy) is 1. The predicted molar refractivity (Wildman–Crippen MR) is 140 cm³/mol. The lowest BCUT2D eigenvalue weighted by molar-refractivity contribution is -0.139. The van der Waals surface area contributed by atoms with Crippen LogP contribution < -0.4 is 14.4 Å². The Bertz CT molecular complexity index is 1140. The Morgan fingerprint density at radius 1 is 1.14 bits per heavy atom. The maximum atomic E-state index is 13.5. The molecule has 0 aliphatic heterocycles. The van der Waals surface area contributed by atoms with E-state index in [-0.39, 0.29) is 23.2 Å². The fraction of sp³-hybridized carbons (Fsp3) is 0.417. The van der Waals surface area contributed by atoms with Crippen LogP contribution in [0.4, 0.5) is 5.69 Å². The monoisotopic (exact) mass is 543 g/mol. The second-order valence-corrected chi connectivity index (χ2v) is 10.8. The molecule has 35 heavy (non-hydrogen) atoms. The highest BCUT2D eigenvalue weighted by Gasteiger charge is 2.30. The molecule has 2 rings (SSSR count). The van der Waals surface area contributed by atoms with Crippen LogP contribution in [0.2, 0.25) is 10.0 Å². The lowest BCUT2D eigenvalue weighted by Crippen LogP contribution is -2.51. The molecule has 0 heterocycles. The Balaban J connectivity index is 2.40. The molecular formula is C24H31Cl2N3O5S. The van der Waals surface area contributed by atoms with Gasteiger partial charge < -0.3 is 15.0 Å². The summed E-state index contributed by atoms with van der Waals surface area (Å²) < 4.78 is 31.4. The Labute approximate surface area is 217 Å². The molecule has 11 heteroatoms. The molecule has 0 aliphatic rings. The van der Waals surface area contributed by atoms with Crippen molar-refractivity contribution in [2.75, 3.05) is 30.8 Å². The number of unbranched alkanes of at least 4 members (excludes halogenated alkanes) is 1. The predicted octanol–water partition coefficient (Wildman–Crippen LogP) is 4.10. The van der Waals surface area contributed by atoms with Crippen LogP contribution in [-0.2, 0) is 26.2 Å². The van der Waals surface area contributed by atoms with Gasteiger partial charge in [0.15, 0.2) is 0 Å². The number of amides is 2. The number of methoxy groups -OCH3 is 1. The van der Waals surface area contributed by atoms with Crippen LogP contribution in [-0.4, -0.2) is 57.6 Å². The first-order valence-electron chi connectivity index (χ1n) is 11.1. The van der Waals surface area contributed by atoms with E-state index in [0.717, 1.165) is 29.0 Å². The molecular weight excluding hydrogens is 513 g/mol. The number of benzene rings is 2. The highest BCUT2D eigenvalue weighted by atomic mass is 35.5. The quantitative estimate of drug-likeness (QED) is 0.406. The van der Waals surface area contributed by atoms with Crippen LogP contribution in [0.25, 0.3) is 0 Å². The average molecular weight is 545 g/mol. The van der Waals surface area contributed by atoms with Gasteiger partial charge in [-0.2, -0.15) is 0 Å². The number of rotatable bonds is 12. The second-order valence-electron chi connectivity index (χ2n) is 8.06. The van der Waals surface area contributed by atoms with Gasteiger partial charge in [-0.3, -0.25) is 13.9 Å². The summed E-state index contributed by atoms with van der Waals surface area (Å²) in [6, 6.07) is 10.6. The molecule has 0 aromatic heterocycles. The second kappa shape index (κ2) is 13.0. The van der Waals surface area contributed by atoms with E-state index in [9.17, 15) is 18.0 Å². The summed E-state index contributed by atoms with van der Waals surface area (Å²) in [6.07, 6.45) is 2.70. The van der Waals surface area contributed by atoms with Gasteiger partial charge in [0, 0.05) is 18.1 Å². The van der Waals surface area contributed by atoms with Crippen molar-refractivity contribution in [3.63, 3.8) is 0 Å². The van der Waals surface area contributed by atoms with E-state index in [1.165, 1.54) is 30.2 Å². The summed E-state index contributed by atoms with van der Waals surface area (Å²) in [4.78, 5) is 27.7. The van der Waals surface area contributed by atoms with E-state index >= 15 is 0 Å². The van der Waals surface area contributed by atoms with Crippen molar-refractivity contribution in [2.45, 2.75) is 39.3 Å². The van der Waals surface area contributed by atoms with Crippen LogP contribution in [0.1, 0.15) is 32.3 Å². The minimum atomic E-state index is -3.89. The number of nitrogens with one attached hydrogen (secondary N) is 1. The molecule has 0 saturated heterocycles. The molecule has 0 aliphatic carbocycles. The summed E-state index contributed by atoms with van der Waals surface area (Å²) in [7, 11) is -2.36. The number of anilines is 1. The van der Waals surface area contributed by atoms with Crippen molar-refractivity contribution in [1.29, 1.82) is 0 Å². The first-order valence-corrected chi connectivity index (χ1v) is 13.7. The molecule has 0 bridgehead atoms. The van der Waals surface area contributed by atoms with Crippen LogP contribution in [0.15, 0.2) is 42.5 Å². The Morgan fingerprint density at radius 3 is 2.46 bits per heavy atom. The zero-order valence-electron chi connectivity index (χ0n) is 20.3. The fourth-order valence-electron chi connectivity index (χ4n) is 3.36. The zero-order valence-corrected chi connectivity index (χ0v) is 22.6. The molecule has 2 amide bonds. The summed E-state index contributed by atoms with van der Waals surface area (Å²) in [6.45, 7) is 3.63. The summed E-state index contributed by atoms with van der Waals surface area (Å²) in [5.74, 6) is -0.298. The molecule has 1 N–H and O–H groups in total. The van der Waals surface area contributed by atoms with Crippen molar-refractivity contribution in [2.24, 2.45) is 0 Å². The topological polar surface area (TPSA) is 96.0 Å². The van der Waals surface area contributed by atoms with Crippen LogP contribution in [0.5, 0.6) is 5.75 Å². The number of hydrogen-bond donors (Lipinski definition) is 1. The van der Waals surface area contributed by atoms with E-state index in [0.29, 0.717) is 17.3 Å². The summed E-state index contributed by atoms with van der Waals surface area (Å²) in [5.41, 5.74) is 0.842. The summed E-state index contributed by atoms with van der Waals surface area (Å²) in [5, 5.41) is 3.25.